The number of carbonyl (C=O) groups excluding carboxylic acids is 1. The summed E-state index contributed by atoms with van der Waals surface area (Å²) in [5.41, 5.74) is 5.32. The van der Waals surface area contributed by atoms with Crippen molar-refractivity contribution in [3.63, 3.8) is 0 Å². The minimum absolute atomic E-state index is 0.0674. The van der Waals surface area contributed by atoms with Crippen molar-refractivity contribution in [1.82, 2.24) is 4.90 Å². The lowest BCUT2D eigenvalue weighted by molar-refractivity contribution is -0.141. The van der Waals surface area contributed by atoms with E-state index in [1.54, 1.807) is 0 Å². The Hall–Kier alpha value is -1.26. The molecular weight excluding hydrogens is 242 g/mol. The topological polar surface area (TPSA) is 78.9 Å². The lowest BCUT2D eigenvalue weighted by Crippen LogP contribution is -2.55. The third-order valence-corrected chi connectivity index (χ3v) is 5.44. The second kappa shape index (κ2) is 5.02. The molecule has 1 saturated heterocycles. The number of oxime groups is 1. The summed E-state index contributed by atoms with van der Waals surface area (Å²) in [5.74, 6) is 0.159. The van der Waals surface area contributed by atoms with Crippen LogP contribution >= 0.6 is 0 Å². The first-order valence-electron chi connectivity index (χ1n) is 7.31. The predicted octanol–water partition coefficient (Wildman–Crippen LogP) is 1.94. The zero-order valence-corrected chi connectivity index (χ0v) is 12.0. The van der Waals surface area contributed by atoms with Gasteiger partial charge in [-0.1, -0.05) is 25.4 Å². The van der Waals surface area contributed by atoms with Crippen molar-refractivity contribution >= 4 is 11.7 Å². The third-order valence-electron chi connectivity index (χ3n) is 5.44. The molecule has 2 rings (SSSR count). The van der Waals surface area contributed by atoms with Crippen LogP contribution in [0.2, 0.25) is 0 Å². The average molecular weight is 267 g/mol. The number of amides is 1. The summed E-state index contributed by atoms with van der Waals surface area (Å²) in [6, 6.07) is 0. The van der Waals surface area contributed by atoms with E-state index in [9.17, 15) is 4.79 Å². The highest BCUT2D eigenvalue weighted by Crippen LogP contribution is 2.45. The maximum Gasteiger partial charge on any atom is 0.236 e. The van der Waals surface area contributed by atoms with Crippen molar-refractivity contribution in [2.24, 2.45) is 21.7 Å². The number of amidine groups is 1. The molecule has 5 heteroatoms. The van der Waals surface area contributed by atoms with Crippen LogP contribution in [-0.4, -0.2) is 34.9 Å². The van der Waals surface area contributed by atoms with E-state index in [-0.39, 0.29) is 17.2 Å². The summed E-state index contributed by atoms with van der Waals surface area (Å²) in [4.78, 5) is 14.7. The summed E-state index contributed by atoms with van der Waals surface area (Å²) >= 11 is 0. The van der Waals surface area contributed by atoms with E-state index >= 15 is 0 Å². The normalized spacial score (nSPS) is 25.2. The first kappa shape index (κ1) is 14.2. The maximum atomic E-state index is 12.7. The molecule has 0 aromatic carbocycles. The maximum absolute atomic E-state index is 12.7. The first-order chi connectivity index (χ1) is 9.03. The minimum atomic E-state index is -0.716. The number of hydrogen-bond donors (Lipinski definition) is 2. The smallest absolute Gasteiger partial charge is 0.236 e. The van der Waals surface area contributed by atoms with Crippen molar-refractivity contribution in [1.29, 1.82) is 0 Å². The van der Waals surface area contributed by atoms with Gasteiger partial charge in [0.25, 0.3) is 0 Å². The van der Waals surface area contributed by atoms with Gasteiger partial charge >= 0.3 is 0 Å². The van der Waals surface area contributed by atoms with E-state index in [1.807, 2.05) is 4.90 Å². The highest BCUT2D eigenvalue weighted by Gasteiger charge is 2.52. The van der Waals surface area contributed by atoms with Gasteiger partial charge in [0.15, 0.2) is 5.84 Å². The molecule has 2 fully saturated rings. The lowest BCUT2D eigenvalue weighted by atomic mass is 9.67. The van der Waals surface area contributed by atoms with Gasteiger partial charge in [0.2, 0.25) is 5.91 Å². The molecule has 108 valence electrons. The monoisotopic (exact) mass is 267 g/mol. The Bertz CT molecular complexity index is 384. The van der Waals surface area contributed by atoms with Crippen molar-refractivity contribution < 1.29 is 10.0 Å². The van der Waals surface area contributed by atoms with Crippen molar-refractivity contribution in [2.45, 2.75) is 52.4 Å². The van der Waals surface area contributed by atoms with Gasteiger partial charge in [-0.25, -0.2) is 0 Å². The van der Waals surface area contributed by atoms with E-state index in [0.29, 0.717) is 12.8 Å². The van der Waals surface area contributed by atoms with Crippen LogP contribution in [0.15, 0.2) is 5.16 Å². The molecule has 5 nitrogen and oxygen atoms in total. The molecule has 0 unspecified atom stereocenters. The van der Waals surface area contributed by atoms with Crippen LogP contribution in [-0.2, 0) is 4.79 Å². The molecule has 0 aromatic heterocycles. The van der Waals surface area contributed by atoms with Gasteiger partial charge in [-0.3, -0.25) is 4.79 Å². The molecule has 0 aromatic rings. The lowest BCUT2D eigenvalue weighted by Gasteiger charge is -2.41. The highest BCUT2D eigenvalue weighted by molar-refractivity contribution is 6.07. The summed E-state index contributed by atoms with van der Waals surface area (Å²) in [5, 5.41) is 12.0. The third kappa shape index (κ3) is 2.09. The SMILES string of the molecule is CCC1(CC)CCN(C(=O)C2(C(N)=NO)CCC2)C1. The average Bonchev–Trinajstić information content (AvgIpc) is 2.82. The molecule has 19 heavy (non-hydrogen) atoms. The van der Waals surface area contributed by atoms with Gasteiger partial charge in [-0.2, -0.15) is 0 Å². The Morgan fingerprint density at radius 1 is 1.32 bits per heavy atom. The molecule has 0 spiro atoms. The Balaban J connectivity index is 2.13. The predicted molar refractivity (Wildman–Crippen MR) is 73.9 cm³/mol. The largest absolute Gasteiger partial charge is 0.409 e. The van der Waals surface area contributed by atoms with E-state index in [0.717, 1.165) is 38.8 Å². The van der Waals surface area contributed by atoms with E-state index < -0.39 is 5.41 Å². The van der Waals surface area contributed by atoms with E-state index in [1.165, 1.54) is 0 Å². The number of likely N-dealkylation sites (tertiary alicyclic amines) is 1. The van der Waals surface area contributed by atoms with Gasteiger partial charge in [0, 0.05) is 13.1 Å². The van der Waals surface area contributed by atoms with E-state index in [4.69, 9.17) is 10.9 Å². The number of nitrogens with two attached hydrogens (primary N) is 1. The van der Waals surface area contributed by atoms with E-state index in [2.05, 4.69) is 19.0 Å². The highest BCUT2D eigenvalue weighted by atomic mass is 16.4. The molecule has 1 aliphatic heterocycles. The Kier molecular flexibility index (Phi) is 3.74. The van der Waals surface area contributed by atoms with Crippen LogP contribution < -0.4 is 5.73 Å². The van der Waals surface area contributed by atoms with Crippen LogP contribution in [0.25, 0.3) is 0 Å². The second-order valence-corrected chi connectivity index (χ2v) is 6.10. The number of nitrogens with zero attached hydrogens (tertiary/aromatic N) is 2. The van der Waals surface area contributed by atoms with Crippen molar-refractivity contribution in [3.8, 4) is 0 Å². The molecule has 0 radical (unpaired) electrons. The number of carbonyl (C=O) groups is 1. The van der Waals surface area contributed by atoms with Crippen LogP contribution in [0.5, 0.6) is 0 Å². The zero-order chi connectivity index (χ0) is 14.1. The fourth-order valence-corrected chi connectivity index (χ4v) is 3.44. The molecule has 1 saturated carbocycles. The van der Waals surface area contributed by atoms with Crippen LogP contribution in [0.3, 0.4) is 0 Å². The van der Waals surface area contributed by atoms with Crippen molar-refractivity contribution in [3.05, 3.63) is 0 Å². The Labute approximate surface area is 114 Å². The van der Waals surface area contributed by atoms with Gasteiger partial charge in [0.05, 0.1) is 0 Å². The summed E-state index contributed by atoms with van der Waals surface area (Å²) in [6.45, 7) is 6.01. The Morgan fingerprint density at radius 2 is 1.95 bits per heavy atom. The van der Waals surface area contributed by atoms with Gasteiger partial charge in [-0.05, 0) is 37.5 Å². The van der Waals surface area contributed by atoms with Crippen molar-refractivity contribution in [2.75, 3.05) is 13.1 Å². The van der Waals surface area contributed by atoms with Gasteiger partial charge in [-0.15, -0.1) is 0 Å². The molecule has 1 heterocycles. The second-order valence-electron chi connectivity index (χ2n) is 6.10. The fraction of sp³-hybridized carbons (Fsp3) is 0.857. The molecule has 0 bridgehead atoms. The van der Waals surface area contributed by atoms with Crippen LogP contribution in [0.4, 0.5) is 0 Å². The van der Waals surface area contributed by atoms with Gasteiger partial charge in [0.1, 0.15) is 5.41 Å². The quantitative estimate of drug-likeness (QED) is 0.353. The van der Waals surface area contributed by atoms with Crippen LogP contribution in [0, 0.1) is 10.8 Å². The summed E-state index contributed by atoms with van der Waals surface area (Å²) < 4.78 is 0. The fourth-order valence-electron chi connectivity index (χ4n) is 3.44. The molecular formula is C14H25N3O2. The summed E-state index contributed by atoms with van der Waals surface area (Å²) in [7, 11) is 0. The minimum Gasteiger partial charge on any atom is -0.409 e. The van der Waals surface area contributed by atoms with Crippen LogP contribution in [0.1, 0.15) is 52.4 Å². The standard InChI is InChI=1S/C14H25N3O2/c1-3-13(4-2)8-9-17(10-13)12(18)14(6-5-7-14)11(15)16-19/h19H,3-10H2,1-2H3,(H2,15,16). The molecule has 3 N–H and O–H groups in total. The zero-order valence-electron chi connectivity index (χ0n) is 12.0. The molecule has 1 amide bonds. The summed E-state index contributed by atoms with van der Waals surface area (Å²) in [6.07, 6.45) is 5.67. The Morgan fingerprint density at radius 3 is 2.32 bits per heavy atom. The molecule has 1 aliphatic carbocycles. The first-order valence-corrected chi connectivity index (χ1v) is 7.31. The van der Waals surface area contributed by atoms with Gasteiger partial charge < -0.3 is 15.8 Å². The number of hydrogen-bond acceptors (Lipinski definition) is 3. The molecule has 0 atom stereocenters. The number of rotatable bonds is 4. The molecule has 2 aliphatic rings.